The molecule has 0 heterocycles. The van der Waals surface area contributed by atoms with E-state index in [2.05, 4.69) is 11.9 Å². The van der Waals surface area contributed by atoms with Crippen molar-refractivity contribution in [3.8, 4) is 0 Å². The number of sulfone groups is 1. The summed E-state index contributed by atoms with van der Waals surface area (Å²) in [6.45, 7) is 5.19. The average Bonchev–Trinajstić information content (AvgIpc) is 2.55. The normalized spacial score (nSPS) is 11.4. The molecule has 130 valence electrons. The van der Waals surface area contributed by atoms with Crippen LogP contribution in [0.5, 0.6) is 0 Å². The fourth-order valence-corrected chi connectivity index (χ4v) is 3.21. The first-order chi connectivity index (χ1) is 11.8. The summed E-state index contributed by atoms with van der Waals surface area (Å²) in [4.78, 5) is 12.2. The highest BCUT2D eigenvalue weighted by Gasteiger charge is 2.14. The van der Waals surface area contributed by atoms with Crippen molar-refractivity contribution in [3.05, 3.63) is 78.1 Å². The van der Waals surface area contributed by atoms with E-state index >= 15 is 0 Å². The molecule has 6 heteroatoms. The third-order valence-electron chi connectivity index (χ3n) is 3.44. The number of hydrogen-bond acceptors (Lipinski definition) is 3. The predicted molar refractivity (Wildman–Crippen MR) is 97.5 cm³/mol. The van der Waals surface area contributed by atoms with E-state index in [0.29, 0.717) is 11.3 Å². The highest BCUT2D eigenvalue weighted by atomic mass is 32.2. The zero-order chi connectivity index (χ0) is 18.4. The summed E-state index contributed by atoms with van der Waals surface area (Å²) in [5, 5.41) is 2.64. The number of carbonyl (C=O) groups excluding carboxylic acids is 1. The minimum Gasteiger partial charge on any atom is -0.322 e. The maximum absolute atomic E-state index is 13.1. The van der Waals surface area contributed by atoms with E-state index in [1.54, 1.807) is 25.1 Å². The summed E-state index contributed by atoms with van der Waals surface area (Å²) in [5.41, 5.74) is 1.68. The van der Waals surface area contributed by atoms with Gasteiger partial charge in [-0.15, -0.1) is 6.58 Å². The lowest BCUT2D eigenvalue weighted by molar-refractivity contribution is -0.111. The van der Waals surface area contributed by atoms with Crippen LogP contribution in [-0.2, 0) is 14.6 Å². The van der Waals surface area contributed by atoms with Crippen molar-refractivity contribution in [2.45, 2.75) is 11.8 Å². The molecule has 1 amide bonds. The molecule has 0 bridgehead atoms. The van der Waals surface area contributed by atoms with Crippen LogP contribution < -0.4 is 5.32 Å². The van der Waals surface area contributed by atoms with Crippen LogP contribution in [0.2, 0.25) is 0 Å². The second-order valence-corrected chi connectivity index (χ2v) is 7.46. The molecule has 0 aliphatic heterocycles. The largest absolute Gasteiger partial charge is 0.322 e. The van der Waals surface area contributed by atoms with E-state index in [4.69, 9.17) is 0 Å². The van der Waals surface area contributed by atoms with E-state index in [1.165, 1.54) is 42.5 Å². The van der Waals surface area contributed by atoms with Crippen molar-refractivity contribution in [1.29, 1.82) is 0 Å². The topological polar surface area (TPSA) is 63.2 Å². The molecule has 0 unspecified atom stereocenters. The lowest BCUT2D eigenvalue weighted by Crippen LogP contribution is -2.11. The van der Waals surface area contributed by atoms with Gasteiger partial charge in [0.1, 0.15) is 5.82 Å². The van der Waals surface area contributed by atoms with E-state index in [-0.39, 0.29) is 10.6 Å². The van der Waals surface area contributed by atoms with Gasteiger partial charge in [0.2, 0.25) is 5.91 Å². The van der Waals surface area contributed by atoms with Crippen molar-refractivity contribution in [2.24, 2.45) is 0 Å². The number of anilines is 1. The number of halogens is 1. The van der Waals surface area contributed by atoms with E-state index < -0.39 is 21.6 Å². The second-order valence-electron chi connectivity index (χ2n) is 5.42. The molecule has 2 aromatic rings. The van der Waals surface area contributed by atoms with Gasteiger partial charge in [-0.2, -0.15) is 0 Å². The number of nitrogens with one attached hydrogen (secondary N) is 1. The van der Waals surface area contributed by atoms with Gasteiger partial charge in [-0.1, -0.05) is 24.3 Å². The van der Waals surface area contributed by atoms with Gasteiger partial charge in [0.05, 0.1) is 10.6 Å². The molecule has 2 aromatic carbocycles. The van der Waals surface area contributed by atoms with Gasteiger partial charge in [0.15, 0.2) is 9.84 Å². The molecule has 0 aliphatic carbocycles. The molecular formula is C19H18FNO3S. The van der Waals surface area contributed by atoms with Crippen LogP contribution in [0.4, 0.5) is 10.1 Å². The van der Waals surface area contributed by atoms with Crippen LogP contribution in [0.3, 0.4) is 0 Å². The standard InChI is InChI=1S/C19H18FNO3S/c1-3-11-25(23,24)17-9-7-14(2)18(13-17)21-19(22)10-8-15-5-4-6-16(20)12-15/h3-10,12-13H,1,11H2,2H3,(H,21,22)/b10-8+. The van der Waals surface area contributed by atoms with Crippen molar-refractivity contribution in [2.75, 3.05) is 11.1 Å². The maximum atomic E-state index is 13.1. The summed E-state index contributed by atoms with van der Waals surface area (Å²) in [6, 6.07) is 10.4. The number of aryl methyl sites for hydroxylation is 1. The first-order valence-corrected chi connectivity index (χ1v) is 9.16. The number of hydrogen-bond donors (Lipinski definition) is 1. The molecule has 0 saturated heterocycles. The predicted octanol–water partition coefficient (Wildman–Crippen LogP) is 3.75. The SMILES string of the molecule is C=CCS(=O)(=O)c1ccc(C)c(NC(=O)/C=C/c2cccc(F)c2)c1. The van der Waals surface area contributed by atoms with Gasteiger partial charge in [0.25, 0.3) is 0 Å². The van der Waals surface area contributed by atoms with Crippen LogP contribution >= 0.6 is 0 Å². The number of rotatable bonds is 6. The van der Waals surface area contributed by atoms with Gasteiger partial charge in [-0.25, -0.2) is 12.8 Å². The average molecular weight is 359 g/mol. The Hall–Kier alpha value is -2.73. The fraction of sp³-hybridized carbons (Fsp3) is 0.105. The van der Waals surface area contributed by atoms with Crippen molar-refractivity contribution >= 4 is 27.5 Å². The molecule has 0 aliphatic rings. The summed E-state index contributed by atoms with van der Waals surface area (Å²) in [7, 11) is -3.47. The molecule has 0 aromatic heterocycles. The minimum atomic E-state index is -3.47. The van der Waals surface area contributed by atoms with Gasteiger partial charge in [-0.3, -0.25) is 4.79 Å². The van der Waals surface area contributed by atoms with Crippen LogP contribution in [0.15, 0.2) is 66.1 Å². The summed E-state index contributed by atoms with van der Waals surface area (Å²) >= 11 is 0. The van der Waals surface area contributed by atoms with Crippen LogP contribution in [0, 0.1) is 12.7 Å². The molecule has 0 atom stereocenters. The Bertz CT molecular complexity index is 933. The Morgan fingerprint density at radius 3 is 2.68 bits per heavy atom. The molecule has 0 radical (unpaired) electrons. The van der Waals surface area contributed by atoms with Crippen LogP contribution in [-0.4, -0.2) is 20.1 Å². The lowest BCUT2D eigenvalue weighted by Gasteiger charge is -2.09. The van der Waals surface area contributed by atoms with Crippen molar-refractivity contribution in [1.82, 2.24) is 0 Å². The zero-order valence-electron chi connectivity index (χ0n) is 13.7. The Kier molecular flexibility index (Phi) is 5.88. The van der Waals surface area contributed by atoms with Gasteiger partial charge in [0, 0.05) is 11.8 Å². The minimum absolute atomic E-state index is 0.113. The molecule has 0 saturated carbocycles. The molecular weight excluding hydrogens is 341 g/mol. The van der Waals surface area contributed by atoms with Crippen LogP contribution in [0.1, 0.15) is 11.1 Å². The highest BCUT2D eigenvalue weighted by molar-refractivity contribution is 7.91. The Balaban J connectivity index is 2.19. The summed E-state index contributed by atoms with van der Waals surface area (Å²) in [6.07, 6.45) is 4.06. The number of amides is 1. The smallest absolute Gasteiger partial charge is 0.248 e. The Morgan fingerprint density at radius 2 is 2.00 bits per heavy atom. The van der Waals surface area contributed by atoms with Crippen molar-refractivity contribution < 1.29 is 17.6 Å². The second kappa shape index (κ2) is 7.90. The first kappa shape index (κ1) is 18.6. The van der Waals surface area contributed by atoms with E-state index in [0.717, 1.165) is 5.56 Å². The van der Waals surface area contributed by atoms with Crippen molar-refractivity contribution in [3.63, 3.8) is 0 Å². The molecule has 25 heavy (non-hydrogen) atoms. The van der Waals surface area contributed by atoms with E-state index in [1.807, 2.05) is 0 Å². The van der Waals surface area contributed by atoms with Gasteiger partial charge < -0.3 is 5.32 Å². The fourth-order valence-electron chi connectivity index (χ4n) is 2.14. The van der Waals surface area contributed by atoms with Gasteiger partial charge in [-0.05, 0) is 48.4 Å². The third kappa shape index (κ3) is 5.12. The highest BCUT2D eigenvalue weighted by Crippen LogP contribution is 2.21. The maximum Gasteiger partial charge on any atom is 0.248 e. The number of carbonyl (C=O) groups is 1. The molecule has 1 N–H and O–H groups in total. The van der Waals surface area contributed by atoms with E-state index in [9.17, 15) is 17.6 Å². The Labute approximate surface area is 146 Å². The Morgan fingerprint density at radius 1 is 1.24 bits per heavy atom. The molecule has 4 nitrogen and oxygen atoms in total. The summed E-state index contributed by atoms with van der Waals surface area (Å²) in [5.74, 6) is -1.01. The quantitative estimate of drug-likeness (QED) is 0.631. The molecule has 0 spiro atoms. The summed E-state index contributed by atoms with van der Waals surface area (Å²) < 4.78 is 37.3. The molecule has 0 fully saturated rings. The molecule has 2 rings (SSSR count). The van der Waals surface area contributed by atoms with Crippen LogP contribution in [0.25, 0.3) is 6.08 Å². The monoisotopic (exact) mass is 359 g/mol. The van der Waals surface area contributed by atoms with Gasteiger partial charge >= 0.3 is 0 Å². The zero-order valence-corrected chi connectivity index (χ0v) is 14.5. The third-order valence-corrected chi connectivity index (χ3v) is 5.09. The number of benzene rings is 2. The lowest BCUT2D eigenvalue weighted by atomic mass is 10.2. The first-order valence-electron chi connectivity index (χ1n) is 7.51.